The summed E-state index contributed by atoms with van der Waals surface area (Å²) < 4.78 is 4.95. The van der Waals surface area contributed by atoms with Crippen LogP contribution in [0.1, 0.15) is 11.6 Å². The summed E-state index contributed by atoms with van der Waals surface area (Å²) in [6, 6.07) is 7.73. The van der Waals surface area contributed by atoms with Crippen molar-refractivity contribution in [1.82, 2.24) is 0 Å². The average molecular weight is 183 g/mol. The Morgan fingerprint density at radius 2 is 2.33 bits per heavy atom. The van der Waals surface area contributed by atoms with E-state index in [4.69, 9.17) is 10.5 Å². The van der Waals surface area contributed by atoms with Crippen LogP contribution in [0.4, 0.5) is 0 Å². The molecule has 0 bridgehead atoms. The Labute approximate surface area is 78.1 Å². The van der Waals surface area contributed by atoms with Crippen molar-refractivity contribution in [3.8, 4) is 0 Å². The van der Waals surface area contributed by atoms with Gasteiger partial charge >= 0.3 is 0 Å². The van der Waals surface area contributed by atoms with E-state index in [1.165, 1.54) is 0 Å². The first kappa shape index (κ1) is 9.58. The highest BCUT2D eigenvalue weighted by Crippen LogP contribution is 2.14. The molecule has 3 heteroatoms. The summed E-state index contributed by atoms with van der Waals surface area (Å²) in [6.45, 7) is 0.539. The Bertz CT molecular complexity index is 252. The van der Waals surface area contributed by atoms with Gasteiger partial charge in [0.15, 0.2) is 0 Å². The summed E-state index contributed by atoms with van der Waals surface area (Å²) in [7, 11) is 1.64. The normalized spacial score (nSPS) is 12.9. The van der Waals surface area contributed by atoms with Crippen LogP contribution < -0.4 is 5.73 Å². The van der Waals surface area contributed by atoms with E-state index in [0.29, 0.717) is 6.61 Å². The van der Waals surface area contributed by atoms with Crippen molar-refractivity contribution in [2.75, 3.05) is 13.7 Å². The molecule has 12 heavy (non-hydrogen) atoms. The first-order chi connectivity index (χ1) is 5.74. The van der Waals surface area contributed by atoms with Crippen molar-refractivity contribution < 1.29 is 4.74 Å². The van der Waals surface area contributed by atoms with E-state index < -0.39 is 0 Å². The number of rotatable bonds is 3. The first-order valence-corrected chi connectivity index (χ1v) is 4.22. The second kappa shape index (κ2) is 4.50. The van der Waals surface area contributed by atoms with Gasteiger partial charge in [0.25, 0.3) is 0 Å². The molecule has 0 aliphatic rings. The van der Waals surface area contributed by atoms with E-state index in [1.54, 1.807) is 7.11 Å². The molecule has 0 aromatic heterocycles. The van der Waals surface area contributed by atoms with Gasteiger partial charge in [0.2, 0.25) is 0 Å². The topological polar surface area (TPSA) is 35.2 Å². The van der Waals surface area contributed by atoms with Crippen LogP contribution in [0, 0.1) is 0 Å². The van der Waals surface area contributed by atoms with E-state index in [2.05, 4.69) is 12.6 Å². The molecular weight excluding hydrogens is 170 g/mol. The lowest BCUT2D eigenvalue weighted by molar-refractivity contribution is 0.181. The molecule has 66 valence electrons. The molecular formula is C9H13NOS. The molecule has 0 fully saturated rings. The first-order valence-electron chi connectivity index (χ1n) is 3.77. The molecule has 1 aromatic carbocycles. The zero-order valence-electron chi connectivity index (χ0n) is 7.03. The quantitative estimate of drug-likeness (QED) is 0.698. The summed E-state index contributed by atoms with van der Waals surface area (Å²) in [6.07, 6.45) is 0. The minimum Gasteiger partial charge on any atom is -0.383 e. The van der Waals surface area contributed by atoms with Gasteiger partial charge in [-0.15, -0.1) is 12.6 Å². The minimum atomic E-state index is -0.0536. The van der Waals surface area contributed by atoms with E-state index in [9.17, 15) is 0 Å². The third-order valence-corrected chi connectivity index (χ3v) is 1.92. The van der Waals surface area contributed by atoms with E-state index >= 15 is 0 Å². The molecule has 0 radical (unpaired) electrons. The van der Waals surface area contributed by atoms with Crippen molar-refractivity contribution in [2.24, 2.45) is 5.73 Å². The number of hydrogen-bond donors (Lipinski definition) is 2. The molecule has 0 aliphatic heterocycles. The molecule has 1 atom stereocenters. The standard InChI is InChI=1S/C9H13NOS/c1-11-6-9(10)7-3-2-4-8(12)5-7/h2-5,9,12H,6,10H2,1H3/t9-/m1/s1. The van der Waals surface area contributed by atoms with Gasteiger partial charge in [-0.05, 0) is 17.7 Å². The summed E-state index contributed by atoms with van der Waals surface area (Å²) >= 11 is 4.22. The van der Waals surface area contributed by atoms with Crippen molar-refractivity contribution in [2.45, 2.75) is 10.9 Å². The van der Waals surface area contributed by atoms with Crippen molar-refractivity contribution in [1.29, 1.82) is 0 Å². The number of benzene rings is 1. The highest BCUT2D eigenvalue weighted by Gasteiger charge is 2.04. The Kier molecular flexibility index (Phi) is 3.59. The molecule has 0 unspecified atom stereocenters. The molecule has 1 rings (SSSR count). The Hall–Kier alpha value is -0.510. The molecule has 1 aromatic rings. The smallest absolute Gasteiger partial charge is 0.0655 e. The molecule has 0 heterocycles. The van der Waals surface area contributed by atoms with Gasteiger partial charge in [0.05, 0.1) is 12.6 Å². The minimum absolute atomic E-state index is 0.0536. The lowest BCUT2D eigenvalue weighted by Crippen LogP contribution is -2.15. The van der Waals surface area contributed by atoms with Crippen LogP contribution in [0.2, 0.25) is 0 Å². The molecule has 0 saturated carbocycles. The van der Waals surface area contributed by atoms with Gasteiger partial charge in [-0.1, -0.05) is 12.1 Å². The summed E-state index contributed by atoms with van der Waals surface area (Å²) in [5, 5.41) is 0. The predicted molar refractivity (Wildman–Crippen MR) is 52.5 cm³/mol. The van der Waals surface area contributed by atoms with Gasteiger partial charge in [-0.2, -0.15) is 0 Å². The van der Waals surface area contributed by atoms with Crippen LogP contribution in [0.25, 0.3) is 0 Å². The van der Waals surface area contributed by atoms with Crippen LogP contribution in [0.3, 0.4) is 0 Å². The third kappa shape index (κ3) is 2.52. The summed E-state index contributed by atoms with van der Waals surface area (Å²) in [4.78, 5) is 0.930. The monoisotopic (exact) mass is 183 g/mol. The molecule has 0 amide bonds. The highest BCUT2D eigenvalue weighted by atomic mass is 32.1. The number of thiol groups is 1. The van der Waals surface area contributed by atoms with Crippen LogP contribution in [-0.4, -0.2) is 13.7 Å². The van der Waals surface area contributed by atoms with Crippen molar-refractivity contribution in [3.05, 3.63) is 29.8 Å². The molecule has 2 N–H and O–H groups in total. The highest BCUT2D eigenvalue weighted by molar-refractivity contribution is 7.80. The SMILES string of the molecule is COC[C@@H](N)c1cccc(S)c1. The van der Waals surface area contributed by atoms with Crippen molar-refractivity contribution >= 4 is 12.6 Å². The zero-order chi connectivity index (χ0) is 8.97. The van der Waals surface area contributed by atoms with Gasteiger partial charge in [0, 0.05) is 12.0 Å². The molecule has 2 nitrogen and oxygen atoms in total. The number of methoxy groups -OCH3 is 1. The maximum absolute atomic E-state index is 5.82. The van der Waals surface area contributed by atoms with Crippen LogP contribution >= 0.6 is 12.6 Å². The Morgan fingerprint density at radius 1 is 1.58 bits per heavy atom. The zero-order valence-corrected chi connectivity index (χ0v) is 7.92. The van der Waals surface area contributed by atoms with Crippen molar-refractivity contribution in [3.63, 3.8) is 0 Å². The van der Waals surface area contributed by atoms with E-state index in [0.717, 1.165) is 10.5 Å². The number of nitrogens with two attached hydrogens (primary N) is 1. The number of ether oxygens (including phenoxy) is 1. The second-order valence-corrected chi connectivity index (χ2v) is 3.17. The van der Waals surface area contributed by atoms with E-state index in [1.807, 2.05) is 24.3 Å². The fraction of sp³-hybridized carbons (Fsp3) is 0.333. The van der Waals surface area contributed by atoms with E-state index in [-0.39, 0.29) is 6.04 Å². The number of hydrogen-bond acceptors (Lipinski definition) is 3. The molecule has 0 aliphatic carbocycles. The van der Waals surface area contributed by atoms with Gasteiger partial charge in [-0.25, -0.2) is 0 Å². The fourth-order valence-corrected chi connectivity index (χ4v) is 1.27. The lowest BCUT2D eigenvalue weighted by Gasteiger charge is -2.10. The van der Waals surface area contributed by atoms with Gasteiger partial charge in [-0.3, -0.25) is 0 Å². The maximum atomic E-state index is 5.82. The average Bonchev–Trinajstić information content (AvgIpc) is 2.05. The van der Waals surface area contributed by atoms with Crippen LogP contribution in [-0.2, 0) is 4.74 Å². The third-order valence-electron chi connectivity index (χ3n) is 1.64. The fourth-order valence-electron chi connectivity index (χ4n) is 1.03. The summed E-state index contributed by atoms with van der Waals surface area (Å²) in [5.74, 6) is 0. The Balaban J connectivity index is 2.73. The van der Waals surface area contributed by atoms with Gasteiger partial charge < -0.3 is 10.5 Å². The van der Waals surface area contributed by atoms with Gasteiger partial charge in [0.1, 0.15) is 0 Å². The lowest BCUT2D eigenvalue weighted by atomic mass is 10.1. The second-order valence-electron chi connectivity index (χ2n) is 2.66. The predicted octanol–water partition coefficient (Wildman–Crippen LogP) is 1.62. The Morgan fingerprint density at radius 3 is 2.92 bits per heavy atom. The van der Waals surface area contributed by atoms with Crippen LogP contribution in [0.5, 0.6) is 0 Å². The largest absolute Gasteiger partial charge is 0.383 e. The molecule has 0 saturated heterocycles. The summed E-state index contributed by atoms with van der Waals surface area (Å²) in [5.41, 5.74) is 6.88. The van der Waals surface area contributed by atoms with Crippen LogP contribution in [0.15, 0.2) is 29.2 Å². The maximum Gasteiger partial charge on any atom is 0.0655 e. The molecule has 0 spiro atoms.